The van der Waals surface area contributed by atoms with Crippen LogP contribution in [0.5, 0.6) is 11.5 Å². The van der Waals surface area contributed by atoms with Gasteiger partial charge in [0, 0.05) is 5.69 Å². The van der Waals surface area contributed by atoms with Crippen LogP contribution in [0.3, 0.4) is 0 Å². The zero-order valence-electron chi connectivity index (χ0n) is 15.0. The fourth-order valence-electron chi connectivity index (χ4n) is 2.50. The number of sulfonamides is 1. The molecule has 0 heterocycles. The molecule has 0 fully saturated rings. The second-order valence-corrected chi connectivity index (χ2v) is 7.93. The van der Waals surface area contributed by atoms with Crippen molar-refractivity contribution in [2.75, 3.05) is 4.72 Å². The molecule has 0 radical (unpaired) electrons. The lowest BCUT2D eigenvalue weighted by Crippen LogP contribution is -2.13. The van der Waals surface area contributed by atoms with Gasteiger partial charge in [-0.1, -0.05) is 24.3 Å². The van der Waals surface area contributed by atoms with E-state index in [1.807, 2.05) is 57.2 Å². The molecule has 3 rings (SSSR count). The zero-order chi connectivity index (χ0) is 18.7. The fourth-order valence-corrected chi connectivity index (χ4v) is 3.55. The second-order valence-electron chi connectivity index (χ2n) is 6.24. The number of nitrogens with one attached hydrogen (secondary N) is 1. The molecule has 0 aliphatic carbocycles. The molecule has 0 aliphatic heterocycles. The maximum absolute atomic E-state index is 12.6. The molecule has 0 saturated heterocycles. The number of anilines is 1. The number of ether oxygens (including phenoxy) is 1. The van der Waals surface area contributed by atoms with Crippen LogP contribution in [0.15, 0.2) is 71.6 Å². The van der Waals surface area contributed by atoms with Gasteiger partial charge < -0.3 is 4.74 Å². The first-order valence-corrected chi connectivity index (χ1v) is 9.77. The van der Waals surface area contributed by atoms with Gasteiger partial charge in [0.05, 0.1) is 4.90 Å². The van der Waals surface area contributed by atoms with Crippen molar-refractivity contribution in [2.24, 2.45) is 0 Å². The lowest BCUT2D eigenvalue weighted by molar-refractivity contribution is 0.478. The number of rotatable bonds is 5. The molecule has 0 atom stereocenters. The molecule has 0 saturated carbocycles. The van der Waals surface area contributed by atoms with Crippen molar-refractivity contribution < 1.29 is 13.2 Å². The van der Waals surface area contributed by atoms with Crippen LogP contribution in [0, 0.1) is 20.8 Å². The normalized spacial score (nSPS) is 11.2. The third-order valence-corrected chi connectivity index (χ3v) is 5.61. The molecule has 1 N–H and O–H groups in total. The molecule has 26 heavy (non-hydrogen) atoms. The lowest BCUT2D eigenvalue weighted by Gasteiger charge is -2.11. The minimum absolute atomic E-state index is 0.188. The van der Waals surface area contributed by atoms with Crippen LogP contribution in [0.1, 0.15) is 16.7 Å². The molecule has 0 aromatic heterocycles. The molecular formula is C21H21NO3S. The Balaban J connectivity index is 1.78. The molecule has 0 amide bonds. The predicted molar refractivity (Wildman–Crippen MR) is 104 cm³/mol. The summed E-state index contributed by atoms with van der Waals surface area (Å²) in [5.74, 6) is 1.33. The summed E-state index contributed by atoms with van der Waals surface area (Å²) in [6.07, 6.45) is 0. The molecule has 3 aromatic carbocycles. The third-order valence-electron chi connectivity index (χ3n) is 4.21. The molecular weight excluding hydrogens is 346 g/mol. The number of hydrogen-bond donors (Lipinski definition) is 1. The van der Waals surface area contributed by atoms with Gasteiger partial charge in [-0.15, -0.1) is 0 Å². The Morgan fingerprint density at radius 2 is 1.46 bits per heavy atom. The smallest absolute Gasteiger partial charge is 0.261 e. The van der Waals surface area contributed by atoms with Crippen molar-refractivity contribution in [1.82, 2.24) is 0 Å². The Kier molecular flexibility index (Phi) is 5.00. The van der Waals surface area contributed by atoms with Crippen molar-refractivity contribution in [3.8, 4) is 11.5 Å². The minimum atomic E-state index is -3.65. The highest BCUT2D eigenvalue weighted by molar-refractivity contribution is 7.92. The van der Waals surface area contributed by atoms with Crippen LogP contribution in [-0.2, 0) is 10.0 Å². The summed E-state index contributed by atoms with van der Waals surface area (Å²) in [6.45, 7) is 5.90. The molecule has 5 heteroatoms. The van der Waals surface area contributed by atoms with Crippen molar-refractivity contribution in [3.63, 3.8) is 0 Å². The van der Waals surface area contributed by atoms with Gasteiger partial charge in [-0.05, 0) is 79.9 Å². The van der Waals surface area contributed by atoms with E-state index < -0.39 is 10.0 Å². The van der Waals surface area contributed by atoms with Crippen LogP contribution in [0.25, 0.3) is 0 Å². The Hall–Kier alpha value is -2.79. The number of hydrogen-bond acceptors (Lipinski definition) is 3. The second kappa shape index (κ2) is 7.22. The molecule has 4 nitrogen and oxygen atoms in total. The van der Waals surface area contributed by atoms with Crippen LogP contribution >= 0.6 is 0 Å². The van der Waals surface area contributed by atoms with Gasteiger partial charge in [-0.3, -0.25) is 4.72 Å². The van der Waals surface area contributed by atoms with Gasteiger partial charge in [0.25, 0.3) is 10.0 Å². The summed E-state index contributed by atoms with van der Waals surface area (Å²) in [5.41, 5.74) is 3.71. The maximum atomic E-state index is 12.6. The standard InChI is InChI=1S/C21H21NO3S/c1-15-8-9-18(14-17(15)3)22-26(23,24)20-12-10-19(11-13-20)25-21-7-5-4-6-16(21)2/h4-14,22H,1-3H3. The summed E-state index contributed by atoms with van der Waals surface area (Å²) in [5, 5.41) is 0. The zero-order valence-corrected chi connectivity index (χ0v) is 15.8. The Bertz CT molecular complexity index is 1030. The minimum Gasteiger partial charge on any atom is -0.457 e. The van der Waals surface area contributed by atoms with Gasteiger partial charge in [-0.2, -0.15) is 0 Å². The number of para-hydroxylation sites is 1. The van der Waals surface area contributed by atoms with E-state index in [2.05, 4.69) is 4.72 Å². The van der Waals surface area contributed by atoms with Crippen LogP contribution < -0.4 is 9.46 Å². The average molecular weight is 367 g/mol. The highest BCUT2D eigenvalue weighted by Gasteiger charge is 2.14. The monoisotopic (exact) mass is 367 g/mol. The molecule has 3 aromatic rings. The van der Waals surface area contributed by atoms with E-state index in [0.717, 1.165) is 22.4 Å². The van der Waals surface area contributed by atoms with Gasteiger partial charge in [0.15, 0.2) is 0 Å². The first kappa shape index (κ1) is 18.0. The summed E-state index contributed by atoms with van der Waals surface area (Å²) in [4.78, 5) is 0.188. The van der Waals surface area contributed by atoms with E-state index in [1.165, 1.54) is 12.1 Å². The van der Waals surface area contributed by atoms with Crippen molar-refractivity contribution >= 4 is 15.7 Å². The first-order chi connectivity index (χ1) is 12.3. The third kappa shape index (κ3) is 4.06. The van der Waals surface area contributed by atoms with E-state index in [0.29, 0.717) is 11.4 Å². The molecule has 134 valence electrons. The van der Waals surface area contributed by atoms with Crippen molar-refractivity contribution in [2.45, 2.75) is 25.7 Å². The van der Waals surface area contributed by atoms with E-state index in [9.17, 15) is 8.42 Å². The topological polar surface area (TPSA) is 55.4 Å². The van der Waals surface area contributed by atoms with Gasteiger partial charge in [0.1, 0.15) is 11.5 Å². The first-order valence-electron chi connectivity index (χ1n) is 8.29. The van der Waals surface area contributed by atoms with Crippen LogP contribution in [0.4, 0.5) is 5.69 Å². The van der Waals surface area contributed by atoms with E-state index >= 15 is 0 Å². The molecule has 0 aliphatic rings. The molecule has 0 bridgehead atoms. The summed E-state index contributed by atoms with van der Waals surface area (Å²) in [7, 11) is -3.65. The van der Waals surface area contributed by atoms with Gasteiger partial charge in [-0.25, -0.2) is 8.42 Å². The van der Waals surface area contributed by atoms with Crippen molar-refractivity contribution in [1.29, 1.82) is 0 Å². The average Bonchev–Trinajstić information content (AvgIpc) is 2.60. The Morgan fingerprint density at radius 1 is 0.769 bits per heavy atom. The quantitative estimate of drug-likeness (QED) is 0.674. The van der Waals surface area contributed by atoms with Gasteiger partial charge in [0.2, 0.25) is 0 Å². The number of benzene rings is 3. The summed E-state index contributed by atoms with van der Waals surface area (Å²) < 4.78 is 33.6. The lowest BCUT2D eigenvalue weighted by atomic mass is 10.1. The van der Waals surface area contributed by atoms with E-state index in [1.54, 1.807) is 18.2 Å². The highest BCUT2D eigenvalue weighted by atomic mass is 32.2. The Morgan fingerprint density at radius 3 is 2.12 bits per heavy atom. The number of aryl methyl sites for hydroxylation is 3. The highest BCUT2D eigenvalue weighted by Crippen LogP contribution is 2.26. The summed E-state index contributed by atoms with van der Waals surface area (Å²) >= 11 is 0. The maximum Gasteiger partial charge on any atom is 0.261 e. The van der Waals surface area contributed by atoms with Crippen LogP contribution in [0.2, 0.25) is 0 Å². The van der Waals surface area contributed by atoms with E-state index in [4.69, 9.17) is 4.74 Å². The fraction of sp³-hybridized carbons (Fsp3) is 0.143. The van der Waals surface area contributed by atoms with Crippen molar-refractivity contribution in [3.05, 3.63) is 83.4 Å². The van der Waals surface area contributed by atoms with Gasteiger partial charge >= 0.3 is 0 Å². The largest absolute Gasteiger partial charge is 0.457 e. The van der Waals surface area contributed by atoms with E-state index in [-0.39, 0.29) is 4.90 Å². The SMILES string of the molecule is Cc1ccc(NS(=O)(=O)c2ccc(Oc3ccccc3C)cc2)cc1C. The predicted octanol–water partition coefficient (Wildman–Crippen LogP) is 5.20. The molecule has 0 unspecified atom stereocenters. The van der Waals surface area contributed by atoms with Crippen LogP contribution in [-0.4, -0.2) is 8.42 Å². The molecule has 0 spiro atoms. The summed E-state index contributed by atoms with van der Waals surface area (Å²) in [6, 6.07) is 19.5. The Labute approximate surface area is 154 Å².